The van der Waals surface area contributed by atoms with Gasteiger partial charge in [0.05, 0.1) is 12.2 Å². The quantitative estimate of drug-likeness (QED) is 0.315. The molecule has 0 aromatic rings. The highest BCUT2D eigenvalue weighted by Crippen LogP contribution is 2.11. The summed E-state index contributed by atoms with van der Waals surface area (Å²) in [5.74, 6) is -0.765. The molecule has 0 aromatic heterocycles. The van der Waals surface area contributed by atoms with Gasteiger partial charge in [0, 0.05) is 6.42 Å². The van der Waals surface area contributed by atoms with E-state index in [0.717, 1.165) is 32.1 Å². The minimum atomic E-state index is -0.765. The summed E-state index contributed by atoms with van der Waals surface area (Å²) >= 11 is 0. The molecule has 0 saturated carbocycles. The molecule has 3 N–H and O–H groups in total. The zero-order valence-corrected chi connectivity index (χ0v) is 14.0. The van der Waals surface area contributed by atoms with E-state index >= 15 is 0 Å². The Morgan fingerprint density at radius 3 is 1.77 bits per heavy atom. The normalized spacial score (nSPS) is 14.3. The van der Waals surface area contributed by atoms with Gasteiger partial charge in [0.15, 0.2) is 0 Å². The third-order valence-corrected chi connectivity index (χ3v) is 3.80. The van der Waals surface area contributed by atoms with Crippen LogP contribution in [0.15, 0.2) is 12.2 Å². The van der Waals surface area contributed by atoms with Crippen molar-refractivity contribution in [3.05, 3.63) is 12.2 Å². The maximum atomic E-state index is 10.3. The molecule has 0 radical (unpaired) electrons. The standard InChI is InChI=1S/C18H34O4/c1-2-3-4-5-6-8-11-16(19)14-15-17(20)12-9-7-10-13-18(21)22/h14-17,19-20H,2-13H2,1H3,(H,21,22)/b15-14-/t16-,17-/m1/s1. The predicted octanol–water partition coefficient (Wildman–Crippen LogP) is 4.05. The van der Waals surface area contributed by atoms with Crippen LogP contribution in [0, 0.1) is 0 Å². The van der Waals surface area contributed by atoms with Gasteiger partial charge in [0.2, 0.25) is 0 Å². The number of hydrogen-bond donors (Lipinski definition) is 3. The Labute approximate surface area is 135 Å². The molecule has 0 aliphatic carbocycles. The predicted molar refractivity (Wildman–Crippen MR) is 89.9 cm³/mol. The van der Waals surface area contributed by atoms with Crippen molar-refractivity contribution in [1.82, 2.24) is 0 Å². The van der Waals surface area contributed by atoms with Crippen LogP contribution in [0.3, 0.4) is 0 Å². The van der Waals surface area contributed by atoms with E-state index in [1.165, 1.54) is 25.7 Å². The van der Waals surface area contributed by atoms with E-state index in [1.807, 2.05) is 0 Å². The molecule has 0 aliphatic heterocycles. The van der Waals surface area contributed by atoms with Crippen molar-refractivity contribution >= 4 is 5.97 Å². The van der Waals surface area contributed by atoms with E-state index in [4.69, 9.17) is 5.11 Å². The fourth-order valence-electron chi connectivity index (χ4n) is 2.39. The smallest absolute Gasteiger partial charge is 0.303 e. The van der Waals surface area contributed by atoms with Crippen LogP contribution >= 0.6 is 0 Å². The third-order valence-electron chi connectivity index (χ3n) is 3.80. The first-order valence-corrected chi connectivity index (χ1v) is 8.82. The van der Waals surface area contributed by atoms with Crippen molar-refractivity contribution in [1.29, 1.82) is 0 Å². The number of carboxylic acids is 1. The number of carboxylic acid groups (broad SMARTS) is 1. The SMILES string of the molecule is CCCCCCCC[C@@H](O)/C=C\[C@H](O)CCCCCC(=O)O. The van der Waals surface area contributed by atoms with Crippen LogP contribution in [0.5, 0.6) is 0 Å². The summed E-state index contributed by atoms with van der Waals surface area (Å²) in [6.07, 6.45) is 13.5. The second-order valence-corrected chi connectivity index (χ2v) is 6.07. The fraction of sp³-hybridized carbons (Fsp3) is 0.833. The highest BCUT2D eigenvalue weighted by molar-refractivity contribution is 5.66. The molecular weight excluding hydrogens is 280 g/mol. The van der Waals surface area contributed by atoms with Crippen LogP contribution in [0.2, 0.25) is 0 Å². The molecule has 0 aliphatic rings. The van der Waals surface area contributed by atoms with Gasteiger partial charge >= 0.3 is 5.97 Å². The Morgan fingerprint density at radius 1 is 0.818 bits per heavy atom. The van der Waals surface area contributed by atoms with Crippen LogP contribution in [-0.4, -0.2) is 33.5 Å². The lowest BCUT2D eigenvalue weighted by Crippen LogP contribution is -2.07. The summed E-state index contributed by atoms with van der Waals surface area (Å²) in [6.45, 7) is 2.20. The summed E-state index contributed by atoms with van der Waals surface area (Å²) in [4.78, 5) is 10.3. The average molecular weight is 314 g/mol. The minimum absolute atomic E-state index is 0.197. The molecular formula is C18H34O4. The molecule has 0 amide bonds. The molecule has 4 heteroatoms. The number of aliphatic hydroxyl groups is 2. The fourth-order valence-corrected chi connectivity index (χ4v) is 2.39. The molecule has 2 atom stereocenters. The van der Waals surface area contributed by atoms with Gasteiger partial charge in [-0.1, -0.05) is 70.4 Å². The molecule has 0 fully saturated rings. The Kier molecular flexibility index (Phi) is 14.4. The lowest BCUT2D eigenvalue weighted by Gasteiger charge is -2.08. The molecule has 4 nitrogen and oxygen atoms in total. The van der Waals surface area contributed by atoms with Gasteiger partial charge < -0.3 is 15.3 Å². The van der Waals surface area contributed by atoms with E-state index in [2.05, 4.69) is 6.92 Å². The van der Waals surface area contributed by atoms with Crippen LogP contribution < -0.4 is 0 Å². The van der Waals surface area contributed by atoms with Gasteiger partial charge in [-0.2, -0.15) is 0 Å². The number of hydrogen-bond acceptors (Lipinski definition) is 3. The van der Waals surface area contributed by atoms with Gasteiger partial charge in [-0.05, 0) is 19.3 Å². The first-order chi connectivity index (χ1) is 10.6. The Morgan fingerprint density at radius 2 is 1.27 bits per heavy atom. The zero-order valence-electron chi connectivity index (χ0n) is 14.0. The highest BCUT2D eigenvalue weighted by Gasteiger charge is 2.03. The number of carbonyl (C=O) groups is 1. The molecule has 0 heterocycles. The average Bonchev–Trinajstić information content (AvgIpc) is 2.48. The monoisotopic (exact) mass is 314 g/mol. The van der Waals surface area contributed by atoms with Gasteiger partial charge in [-0.15, -0.1) is 0 Å². The van der Waals surface area contributed by atoms with Crippen molar-refractivity contribution in [3.8, 4) is 0 Å². The van der Waals surface area contributed by atoms with Crippen LogP contribution in [0.1, 0.15) is 84.0 Å². The van der Waals surface area contributed by atoms with Gasteiger partial charge in [0.25, 0.3) is 0 Å². The summed E-state index contributed by atoms with van der Waals surface area (Å²) in [7, 11) is 0. The van der Waals surface area contributed by atoms with E-state index in [0.29, 0.717) is 12.8 Å². The van der Waals surface area contributed by atoms with Gasteiger partial charge in [0.1, 0.15) is 0 Å². The molecule has 0 spiro atoms. The van der Waals surface area contributed by atoms with E-state index < -0.39 is 18.2 Å². The Hall–Kier alpha value is -0.870. The lowest BCUT2D eigenvalue weighted by atomic mass is 10.1. The van der Waals surface area contributed by atoms with E-state index in [9.17, 15) is 15.0 Å². The molecule has 0 rings (SSSR count). The second-order valence-electron chi connectivity index (χ2n) is 6.07. The molecule has 0 bridgehead atoms. The third kappa shape index (κ3) is 15.5. The van der Waals surface area contributed by atoms with Crippen molar-refractivity contribution in [2.24, 2.45) is 0 Å². The lowest BCUT2D eigenvalue weighted by molar-refractivity contribution is -0.137. The summed E-state index contributed by atoms with van der Waals surface area (Å²) in [6, 6.07) is 0. The highest BCUT2D eigenvalue weighted by atomic mass is 16.4. The Balaban J connectivity index is 3.52. The first-order valence-electron chi connectivity index (χ1n) is 8.82. The molecule has 0 unspecified atom stereocenters. The zero-order chi connectivity index (χ0) is 16.6. The second kappa shape index (κ2) is 15.0. The van der Waals surface area contributed by atoms with Crippen molar-refractivity contribution < 1.29 is 20.1 Å². The summed E-state index contributed by atoms with van der Waals surface area (Å²) in [5, 5.41) is 28.1. The summed E-state index contributed by atoms with van der Waals surface area (Å²) < 4.78 is 0. The number of rotatable bonds is 15. The minimum Gasteiger partial charge on any atom is -0.481 e. The molecule has 130 valence electrons. The molecule has 0 aromatic carbocycles. The van der Waals surface area contributed by atoms with Crippen molar-refractivity contribution in [2.75, 3.05) is 0 Å². The van der Waals surface area contributed by atoms with E-state index in [-0.39, 0.29) is 6.42 Å². The van der Waals surface area contributed by atoms with Crippen LogP contribution in [-0.2, 0) is 4.79 Å². The van der Waals surface area contributed by atoms with Crippen LogP contribution in [0.4, 0.5) is 0 Å². The molecule has 0 saturated heterocycles. The maximum absolute atomic E-state index is 10.3. The number of aliphatic hydroxyl groups excluding tert-OH is 2. The van der Waals surface area contributed by atoms with Crippen LogP contribution in [0.25, 0.3) is 0 Å². The van der Waals surface area contributed by atoms with Crippen molar-refractivity contribution in [3.63, 3.8) is 0 Å². The number of aliphatic carboxylic acids is 1. The van der Waals surface area contributed by atoms with E-state index in [1.54, 1.807) is 12.2 Å². The topological polar surface area (TPSA) is 77.8 Å². The molecule has 22 heavy (non-hydrogen) atoms. The van der Waals surface area contributed by atoms with Gasteiger partial charge in [-0.25, -0.2) is 0 Å². The first kappa shape index (κ1) is 21.1. The van der Waals surface area contributed by atoms with Crippen molar-refractivity contribution in [2.45, 2.75) is 96.2 Å². The maximum Gasteiger partial charge on any atom is 0.303 e. The van der Waals surface area contributed by atoms with Gasteiger partial charge in [-0.3, -0.25) is 4.79 Å². The number of unbranched alkanes of at least 4 members (excludes halogenated alkanes) is 7. The summed E-state index contributed by atoms with van der Waals surface area (Å²) in [5.41, 5.74) is 0. The Bertz CT molecular complexity index is 289. The largest absolute Gasteiger partial charge is 0.481 e.